The lowest BCUT2D eigenvalue weighted by molar-refractivity contribution is 0.145. The highest BCUT2D eigenvalue weighted by Crippen LogP contribution is 2.11. The standard InChI is InChI=1S/C16H27N3O3.HI/c1-3-22-12-4-9-17-16(18-10-11-20)19-13-14-5-7-15(21-2)8-6-14;/h5-8,20H,3-4,9-13H2,1-2H3,(H2,17,18,19);1H. The maximum absolute atomic E-state index is 8.92. The second-order valence-electron chi connectivity index (χ2n) is 4.64. The van der Waals surface area contributed by atoms with Gasteiger partial charge in [-0.3, -0.25) is 0 Å². The van der Waals surface area contributed by atoms with Gasteiger partial charge in [-0.15, -0.1) is 24.0 Å². The Labute approximate surface area is 155 Å². The number of ether oxygens (including phenoxy) is 2. The molecule has 1 aromatic carbocycles. The molecule has 6 nitrogen and oxygen atoms in total. The number of methoxy groups -OCH3 is 1. The van der Waals surface area contributed by atoms with E-state index in [1.807, 2.05) is 31.2 Å². The smallest absolute Gasteiger partial charge is 0.191 e. The van der Waals surface area contributed by atoms with E-state index in [-0.39, 0.29) is 30.6 Å². The van der Waals surface area contributed by atoms with Gasteiger partial charge in [0.25, 0.3) is 0 Å². The molecule has 0 radical (unpaired) electrons. The first-order valence-electron chi connectivity index (χ1n) is 7.63. The fourth-order valence-electron chi connectivity index (χ4n) is 1.78. The van der Waals surface area contributed by atoms with Crippen molar-refractivity contribution < 1.29 is 14.6 Å². The van der Waals surface area contributed by atoms with Crippen molar-refractivity contribution in [1.29, 1.82) is 0 Å². The number of aliphatic hydroxyl groups is 1. The van der Waals surface area contributed by atoms with E-state index in [1.165, 1.54) is 0 Å². The topological polar surface area (TPSA) is 75.1 Å². The number of rotatable bonds is 10. The molecule has 0 aliphatic heterocycles. The Morgan fingerprint density at radius 3 is 2.48 bits per heavy atom. The first-order chi connectivity index (χ1) is 10.8. The van der Waals surface area contributed by atoms with E-state index in [2.05, 4.69) is 15.6 Å². The molecule has 1 aromatic rings. The van der Waals surface area contributed by atoms with Crippen LogP contribution >= 0.6 is 24.0 Å². The van der Waals surface area contributed by atoms with Crippen molar-refractivity contribution in [1.82, 2.24) is 10.6 Å². The summed E-state index contributed by atoms with van der Waals surface area (Å²) in [5.41, 5.74) is 1.10. The molecule has 0 heterocycles. The molecule has 0 atom stereocenters. The molecule has 0 aromatic heterocycles. The maximum Gasteiger partial charge on any atom is 0.191 e. The zero-order valence-corrected chi connectivity index (χ0v) is 16.2. The van der Waals surface area contributed by atoms with Gasteiger partial charge in [0.1, 0.15) is 5.75 Å². The van der Waals surface area contributed by atoms with E-state index in [1.54, 1.807) is 7.11 Å². The number of benzene rings is 1. The summed E-state index contributed by atoms with van der Waals surface area (Å²) in [6.07, 6.45) is 0.913. The Morgan fingerprint density at radius 1 is 1.17 bits per heavy atom. The van der Waals surface area contributed by atoms with Crippen LogP contribution in [0.15, 0.2) is 29.3 Å². The quantitative estimate of drug-likeness (QED) is 0.225. The van der Waals surface area contributed by atoms with Crippen molar-refractivity contribution in [2.24, 2.45) is 4.99 Å². The predicted molar refractivity (Wildman–Crippen MR) is 104 cm³/mol. The molecule has 0 unspecified atom stereocenters. The van der Waals surface area contributed by atoms with Crippen LogP contribution in [0.1, 0.15) is 18.9 Å². The molecule has 7 heteroatoms. The van der Waals surface area contributed by atoms with Crippen molar-refractivity contribution >= 4 is 29.9 Å². The molecule has 0 bridgehead atoms. The Kier molecular flexibility index (Phi) is 13.9. The van der Waals surface area contributed by atoms with E-state index in [0.29, 0.717) is 19.0 Å². The van der Waals surface area contributed by atoms with Crippen molar-refractivity contribution in [2.45, 2.75) is 19.9 Å². The van der Waals surface area contributed by atoms with Crippen LogP contribution in [0.5, 0.6) is 5.75 Å². The predicted octanol–water partition coefficient (Wildman–Crippen LogP) is 1.77. The van der Waals surface area contributed by atoms with Gasteiger partial charge in [0.05, 0.1) is 20.3 Å². The number of aliphatic imine (C=N–C) groups is 1. The van der Waals surface area contributed by atoms with Crippen molar-refractivity contribution in [2.75, 3.05) is 40.0 Å². The lowest BCUT2D eigenvalue weighted by Crippen LogP contribution is -2.39. The number of hydrogen-bond acceptors (Lipinski definition) is 4. The van der Waals surface area contributed by atoms with Crippen LogP contribution in [0.2, 0.25) is 0 Å². The summed E-state index contributed by atoms with van der Waals surface area (Å²) in [7, 11) is 1.65. The Hall–Kier alpha value is -1.06. The van der Waals surface area contributed by atoms with Crippen LogP contribution in [0.4, 0.5) is 0 Å². The van der Waals surface area contributed by atoms with E-state index in [4.69, 9.17) is 14.6 Å². The van der Waals surface area contributed by atoms with Crippen LogP contribution < -0.4 is 15.4 Å². The first kappa shape index (κ1) is 21.9. The van der Waals surface area contributed by atoms with Gasteiger partial charge in [0, 0.05) is 26.3 Å². The van der Waals surface area contributed by atoms with Gasteiger partial charge in [-0.25, -0.2) is 4.99 Å². The third kappa shape index (κ3) is 10.4. The van der Waals surface area contributed by atoms with Gasteiger partial charge in [-0.2, -0.15) is 0 Å². The van der Waals surface area contributed by atoms with Gasteiger partial charge in [0.15, 0.2) is 5.96 Å². The fraction of sp³-hybridized carbons (Fsp3) is 0.562. The molecule has 1 rings (SSSR count). The van der Waals surface area contributed by atoms with Gasteiger partial charge in [-0.05, 0) is 31.0 Å². The summed E-state index contributed by atoms with van der Waals surface area (Å²) in [6.45, 7) is 5.34. The van der Waals surface area contributed by atoms with Crippen molar-refractivity contribution in [3.63, 3.8) is 0 Å². The summed E-state index contributed by atoms with van der Waals surface area (Å²) in [4.78, 5) is 4.51. The van der Waals surface area contributed by atoms with Gasteiger partial charge < -0.3 is 25.2 Å². The summed E-state index contributed by atoms with van der Waals surface area (Å²) in [5, 5.41) is 15.2. The average Bonchev–Trinajstić information content (AvgIpc) is 2.57. The Balaban J connectivity index is 0.00000484. The molecule has 0 saturated heterocycles. The summed E-state index contributed by atoms with van der Waals surface area (Å²) in [5.74, 6) is 1.53. The van der Waals surface area contributed by atoms with E-state index >= 15 is 0 Å². The molecule has 0 aliphatic rings. The minimum atomic E-state index is 0. The summed E-state index contributed by atoms with van der Waals surface area (Å²) < 4.78 is 10.4. The number of aliphatic hydroxyl groups excluding tert-OH is 1. The number of halogens is 1. The largest absolute Gasteiger partial charge is 0.497 e. The average molecular weight is 437 g/mol. The molecular weight excluding hydrogens is 409 g/mol. The molecule has 0 fully saturated rings. The Bertz CT molecular complexity index is 427. The molecule has 3 N–H and O–H groups in total. The maximum atomic E-state index is 8.92. The lowest BCUT2D eigenvalue weighted by atomic mass is 10.2. The van der Waals surface area contributed by atoms with E-state index in [9.17, 15) is 0 Å². The third-order valence-electron chi connectivity index (χ3n) is 2.95. The molecule has 0 saturated carbocycles. The highest BCUT2D eigenvalue weighted by molar-refractivity contribution is 14.0. The van der Waals surface area contributed by atoms with Crippen LogP contribution in [-0.4, -0.2) is 51.1 Å². The molecule has 23 heavy (non-hydrogen) atoms. The molecule has 132 valence electrons. The van der Waals surface area contributed by atoms with E-state index < -0.39 is 0 Å². The van der Waals surface area contributed by atoms with Gasteiger partial charge in [0.2, 0.25) is 0 Å². The zero-order valence-electron chi connectivity index (χ0n) is 13.9. The van der Waals surface area contributed by atoms with E-state index in [0.717, 1.165) is 37.5 Å². The van der Waals surface area contributed by atoms with Gasteiger partial charge >= 0.3 is 0 Å². The molecule has 0 spiro atoms. The minimum Gasteiger partial charge on any atom is -0.497 e. The number of nitrogens with zero attached hydrogens (tertiary/aromatic N) is 1. The number of hydrogen-bond donors (Lipinski definition) is 3. The van der Waals surface area contributed by atoms with Crippen molar-refractivity contribution in [3.8, 4) is 5.75 Å². The first-order valence-corrected chi connectivity index (χ1v) is 7.63. The summed E-state index contributed by atoms with van der Waals surface area (Å²) >= 11 is 0. The molecule has 0 aliphatic carbocycles. The minimum absolute atomic E-state index is 0. The van der Waals surface area contributed by atoms with Crippen LogP contribution in [0.25, 0.3) is 0 Å². The second kappa shape index (κ2) is 14.5. The number of nitrogens with one attached hydrogen (secondary N) is 2. The van der Waals surface area contributed by atoms with Crippen LogP contribution in [0.3, 0.4) is 0 Å². The van der Waals surface area contributed by atoms with Gasteiger partial charge in [-0.1, -0.05) is 12.1 Å². The normalized spacial score (nSPS) is 10.8. The third-order valence-corrected chi connectivity index (χ3v) is 2.95. The molecular formula is C16H28IN3O3. The lowest BCUT2D eigenvalue weighted by Gasteiger charge is -2.12. The summed E-state index contributed by atoms with van der Waals surface area (Å²) in [6, 6.07) is 7.81. The number of guanidine groups is 1. The zero-order chi connectivity index (χ0) is 16.0. The highest BCUT2D eigenvalue weighted by Gasteiger charge is 1.99. The van der Waals surface area contributed by atoms with Crippen LogP contribution in [0, 0.1) is 0 Å². The van der Waals surface area contributed by atoms with Crippen molar-refractivity contribution in [3.05, 3.63) is 29.8 Å². The highest BCUT2D eigenvalue weighted by atomic mass is 127. The monoisotopic (exact) mass is 437 g/mol. The second-order valence-corrected chi connectivity index (χ2v) is 4.64. The Morgan fingerprint density at radius 2 is 1.87 bits per heavy atom. The SMILES string of the molecule is CCOCCCNC(=NCc1ccc(OC)cc1)NCCO.I. The fourth-order valence-corrected chi connectivity index (χ4v) is 1.78. The molecule has 0 amide bonds. The van der Waals surface area contributed by atoms with Crippen LogP contribution in [-0.2, 0) is 11.3 Å².